The van der Waals surface area contributed by atoms with E-state index in [1.165, 1.54) is 5.56 Å². The fourth-order valence-electron chi connectivity index (χ4n) is 4.74. The monoisotopic (exact) mass is 528 g/mol. The number of nitrogens with one attached hydrogen (secondary N) is 1. The molecule has 4 aromatic carbocycles. The van der Waals surface area contributed by atoms with Crippen LogP contribution in [0.3, 0.4) is 0 Å². The number of methoxy groups -OCH3 is 1. The predicted octanol–water partition coefficient (Wildman–Crippen LogP) is 6.00. The molecule has 1 N–H and O–H groups in total. The Balaban J connectivity index is 1.15. The number of carbonyl (C=O) groups is 1. The molecular formula is C33H28N4O3. The molecule has 0 saturated carbocycles. The van der Waals surface area contributed by atoms with Crippen molar-refractivity contribution in [1.29, 1.82) is 0 Å². The van der Waals surface area contributed by atoms with Crippen LogP contribution in [0.4, 0.5) is 5.69 Å². The van der Waals surface area contributed by atoms with E-state index in [0.717, 1.165) is 45.8 Å². The highest BCUT2D eigenvalue weighted by Crippen LogP contribution is 2.35. The largest absolute Gasteiger partial charge is 0.497 e. The molecule has 0 saturated heterocycles. The zero-order chi connectivity index (χ0) is 27.3. The molecular weight excluding hydrogens is 500 g/mol. The second-order valence-corrected chi connectivity index (χ2v) is 9.67. The summed E-state index contributed by atoms with van der Waals surface area (Å²) < 4.78 is 13.1. The van der Waals surface area contributed by atoms with E-state index in [4.69, 9.17) is 9.47 Å². The lowest BCUT2D eigenvalue weighted by molar-refractivity contribution is -0.110. The molecule has 1 amide bonds. The zero-order valence-electron chi connectivity index (χ0n) is 22.1. The number of ether oxygens (including phenoxy) is 2. The minimum absolute atomic E-state index is 0.113. The third-order valence-corrected chi connectivity index (χ3v) is 6.76. The molecule has 198 valence electrons. The Morgan fingerprint density at radius 1 is 0.850 bits per heavy atom. The molecule has 1 aromatic heterocycles. The van der Waals surface area contributed by atoms with Gasteiger partial charge in [0.15, 0.2) is 0 Å². The maximum absolute atomic E-state index is 12.9. The highest BCUT2D eigenvalue weighted by atomic mass is 16.5. The van der Waals surface area contributed by atoms with Crippen LogP contribution in [0, 0.1) is 0 Å². The van der Waals surface area contributed by atoms with Crippen LogP contribution in [-0.4, -0.2) is 28.0 Å². The summed E-state index contributed by atoms with van der Waals surface area (Å²) in [7, 11) is 1.66. The van der Waals surface area contributed by atoms with Gasteiger partial charge in [-0.3, -0.25) is 4.79 Å². The lowest BCUT2D eigenvalue weighted by atomic mass is 9.98. The van der Waals surface area contributed by atoms with Gasteiger partial charge in [-0.25, -0.2) is 4.68 Å². The fraction of sp³-hybridized carbons (Fsp3) is 0.121. The molecule has 0 bridgehead atoms. The summed E-state index contributed by atoms with van der Waals surface area (Å²) in [4.78, 5) is 12.9. The lowest BCUT2D eigenvalue weighted by Gasteiger charge is -2.07. The van der Waals surface area contributed by atoms with Gasteiger partial charge < -0.3 is 14.8 Å². The summed E-state index contributed by atoms with van der Waals surface area (Å²) >= 11 is 0. The second kappa shape index (κ2) is 11.3. The molecule has 1 aliphatic rings. The highest BCUT2D eigenvalue weighted by Gasteiger charge is 2.24. The molecule has 0 aliphatic carbocycles. The van der Waals surface area contributed by atoms with Gasteiger partial charge in [-0.2, -0.15) is 0 Å². The van der Waals surface area contributed by atoms with Crippen molar-refractivity contribution in [2.75, 3.05) is 12.4 Å². The number of rotatable bonds is 9. The lowest BCUT2D eigenvalue weighted by Crippen LogP contribution is -2.03. The summed E-state index contributed by atoms with van der Waals surface area (Å²) in [5.41, 5.74) is 7.44. The quantitative estimate of drug-likeness (QED) is 0.238. The van der Waals surface area contributed by atoms with Crippen LogP contribution in [0.2, 0.25) is 0 Å². The van der Waals surface area contributed by atoms with Crippen molar-refractivity contribution in [1.82, 2.24) is 15.0 Å². The van der Waals surface area contributed by atoms with Crippen LogP contribution >= 0.6 is 0 Å². The number of fused-ring (bicyclic) bond motifs is 1. The molecule has 0 radical (unpaired) electrons. The Labute approximate surface area is 232 Å². The third-order valence-electron chi connectivity index (χ3n) is 6.76. The van der Waals surface area contributed by atoms with E-state index in [1.807, 2.05) is 72.9 Å². The Kier molecular flexibility index (Phi) is 7.09. The van der Waals surface area contributed by atoms with Crippen LogP contribution in [0.15, 0.2) is 103 Å². The Morgan fingerprint density at radius 3 is 2.50 bits per heavy atom. The summed E-state index contributed by atoms with van der Waals surface area (Å²) in [6.07, 6.45) is 4.56. The molecule has 7 nitrogen and oxygen atoms in total. The summed E-state index contributed by atoms with van der Waals surface area (Å²) in [6, 6.07) is 32.0. The molecule has 1 aliphatic heterocycles. The van der Waals surface area contributed by atoms with Crippen molar-refractivity contribution < 1.29 is 14.3 Å². The summed E-state index contributed by atoms with van der Waals surface area (Å²) in [6.45, 7) is 0.953. The number of anilines is 1. The van der Waals surface area contributed by atoms with Gasteiger partial charge in [0.25, 0.3) is 5.91 Å². The molecule has 2 heterocycles. The Bertz CT molecular complexity index is 1670. The third kappa shape index (κ3) is 5.78. The van der Waals surface area contributed by atoms with E-state index < -0.39 is 0 Å². The van der Waals surface area contributed by atoms with Crippen LogP contribution in [0.1, 0.15) is 33.5 Å². The minimum Gasteiger partial charge on any atom is -0.497 e. The van der Waals surface area contributed by atoms with Gasteiger partial charge in [0.05, 0.1) is 19.9 Å². The van der Waals surface area contributed by atoms with Gasteiger partial charge in [0.1, 0.15) is 23.8 Å². The van der Waals surface area contributed by atoms with Crippen LogP contribution < -0.4 is 14.8 Å². The first kappa shape index (κ1) is 25.1. The standard InChI is InChI=1S/C33H28N4O3/c1-39-28-13-10-23(11-14-28)16-26-12-15-32-30(18-26)31(33(38)34-32)19-25-8-5-9-29(17-25)40-22-27-21-37(36-35-27)20-24-6-3-2-4-7-24/h2-15,17-19,21H,16,20,22H2,1H3,(H,34,38)/b31-19-. The van der Waals surface area contributed by atoms with E-state index in [0.29, 0.717) is 24.5 Å². The minimum atomic E-state index is -0.113. The summed E-state index contributed by atoms with van der Waals surface area (Å²) in [5.74, 6) is 1.41. The topological polar surface area (TPSA) is 78.3 Å². The number of nitrogens with zero attached hydrogens (tertiary/aromatic N) is 3. The molecule has 0 unspecified atom stereocenters. The molecule has 40 heavy (non-hydrogen) atoms. The first-order chi connectivity index (χ1) is 19.6. The van der Waals surface area contributed by atoms with Crippen molar-refractivity contribution >= 4 is 23.2 Å². The van der Waals surface area contributed by atoms with Gasteiger partial charge in [-0.05, 0) is 71.1 Å². The number of aromatic nitrogens is 3. The van der Waals surface area contributed by atoms with Crippen LogP contribution in [0.25, 0.3) is 11.6 Å². The van der Waals surface area contributed by atoms with Gasteiger partial charge in [-0.1, -0.05) is 65.9 Å². The number of hydrogen-bond acceptors (Lipinski definition) is 5. The smallest absolute Gasteiger partial charge is 0.256 e. The van der Waals surface area contributed by atoms with Gasteiger partial charge in [0, 0.05) is 16.8 Å². The van der Waals surface area contributed by atoms with Gasteiger partial charge in [-0.15, -0.1) is 5.10 Å². The number of amides is 1. The Hall–Kier alpha value is -5.17. The van der Waals surface area contributed by atoms with Crippen molar-refractivity contribution in [2.45, 2.75) is 19.6 Å². The fourth-order valence-corrected chi connectivity index (χ4v) is 4.74. The molecule has 0 atom stereocenters. The normalized spacial score (nSPS) is 13.2. The van der Waals surface area contributed by atoms with Crippen molar-refractivity contribution in [3.63, 3.8) is 0 Å². The second-order valence-electron chi connectivity index (χ2n) is 9.67. The predicted molar refractivity (Wildman–Crippen MR) is 155 cm³/mol. The van der Waals surface area contributed by atoms with E-state index >= 15 is 0 Å². The van der Waals surface area contributed by atoms with E-state index in [2.05, 4.69) is 52.0 Å². The Morgan fingerprint density at radius 2 is 1.68 bits per heavy atom. The van der Waals surface area contributed by atoms with E-state index in [1.54, 1.807) is 11.8 Å². The van der Waals surface area contributed by atoms with Gasteiger partial charge >= 0.3 is 0 Å². The molecule has 7 heteroatoms. The van der Waals surface area contributed by atoms with Gasteiger partial charge in [0.2, 0.25) is 0 Å². The first-order valence-electron chi connectivity index (χ1n) is 13.1. The number of carbonyl (C=O) groups excluding carboxylic acids is 1. The molecule has 0 fully saturated rings. The molecule has 6 rings (SSSR count). The first-order valence-corrected chi connectivity index (χ1v) is 13.1. The molecule has 0 spiro atoms. The maximum atomic E-state index is 12.9. The zero-order valence-corrected chi connectivity index (χ0v) is 22.1. The molecule has 5 aromatic rings. The SMILES string of the molecule is COc1ccc(Cc2ccc3c(c2)/C(=C/c2cccc(OCc4cn(Cc5ccccc5)nn4)c2)C(=O)N3)cc1. The van der Waals surface area contributed by atoms with Crippen molar-refractivity contribution in [3.8, 4) is 11.5 Å². The van der Waals surface area contributed by atoms with Crippen molar-refractivity contribution in [2.24, 2.45) is 0 Å². The van der Waals surface area contributed by atoms with Crippen LogP contribution in [-0.2, 0) is 24.4 Å². The van der Waals surface area contributed by atoms with E-state index in [9.17, 15) is 4.79 Å². The highest BCUT2D eigenvalue weighted by molar-refractivity contribution is 6.35. The van der Waals surface area contributed by atoms with Crippen molar-refractivity contribution in [3.05, 3.63) is 137 Å². The average Bonchev–Trinajstić information content (AvgIpc) is 3.56. The average molecular weight is 529 g/mol. The van der Waals surface area contributed by atoms with Crippen LogP contribution in [0.5, 0.6) is 11.5 Å². The maximum Gasteiger partial charge on any atom is 0.256 e. The number of hydrogen-bond donors (Lipinski definition) is 1. The van der Waals surface area contributed by atoms with E-state index in [-0.39, 0.29) is 5.91 Å². The summed E-state index contributed by atoms with van der Waals surface area (Å²) in [5, 5.41) is 11.4. The number of benzene rings is 4.